The van der Waals surface area contributed by atoms with E-state index in [1.165, 1.54) is 6.07 Å². The van der Waals surface area contributed by atoms with Crippen molar-refractivity contribution >= 4 is 23.2 Å². The van der Waals surface area contributed by atoms with E-state index < -0.39 is 0 Å². The second-order valence-corrected chi connectivity index (χ2v) is 8.09. The van der Waals surface area contributed by atoms with E-state index in [1.807, 2.05) is 54.6 Å². The number of hydrogen-bond donors (Lipinski definition) is 0. The second-order valence-electron chi connectivity index (χ2n) is 7.33. The monoisotopic (exact) mass is 469 g/mol. The van der Waals surface area contributed by atoms with E-state index in [4.69, 9.17) is 27.7 Å². The molecule has 0 radical (unpaired) electrons. The summed E-state index contributed by atoms with van der Waals surface area (Å²) in [6.45, 7) is 2.33. The van der Waals surface area contributed by atoms with Gasteiger partial charge in [-0.1, -0.05) is 65.8 Å². The first-order valence-electron chi connectivity index (χ1n) is 10.3. The fourth-order valence-electron chi connectivity index (χ4n) is 3.48. The van der Waals surface area contributed by atoms with Crippen LogP contribution in [0.3, 0.4) is 0 Å². The van der Waals surface area contributed by atoms with Crippen LogP contribution in [-0.2, 0) is 6.54 Å². The average molecular weight is 470 g/mol. The molecule has 0 aliphatic carbocycles. The molecule has 164 valence electrons. The number of rotatable bonds is 9. The van der Waals surface area contributed by atoms with Crippen molar-refractivity contribution in [3.8, 4) is 34.0 Å². The molecular formula is C25H22Cl2FN3O. The molecule has 0 bridgehead atoms. The molecule has 3 aromatic carbocycles. The van der Waals surface area contributed by atoms with Crippen molar-refractivity contribution in [2.24, 2.45) is 0 Å². The third kappa shape index (κ3) is 5.36. The molecule has 4 aromatic rings. The fraction of sp³-hybridized carbons (Fsp3) is 0.200. The zero-order chi connectivity index (χ0) is 22.3. The molecule has 0 spiro atoms. The van der Waals surface area contributed by atoms with E-state index in [1.54, 1.807) is 12.1 Å². The lowest BCUT2D eigenvalue weighted by Crippen LogP contribution is -2.27. The summed E-state index contributed by atoms with van der Waals surface area (Å²) in [5.74, 6) is 1.52. The Morgan fingerprint density at radius 1 is 0.812 bits per heavy atom. The van der Waals surface area contributed by atoms with E-state index in [2.05, 4.69) is 15.0 Å². The summed E-state index contributed by atoms with van der Waals surface area (Å²) < 4.78 is 20.1. The lowest BCUT2D eigenvalue weighted by Gasteiger charge is -2.19. The van der Waals surface area contributed by atoms with Gasteiger partial charge in [-0.05, 0) is 23.3 Å². The topological polar surface area (TPSA) is 42.2 Å². The second kappa shape index (κ2) is 10.7. The molecule has 1 heterocycles. The Morgan fingerprint density at radius 3 is 2.16 bits per heavy atom. The molecule has 7 heteroatoms. The molecule has 0 aliphatic heterocycles. The summed E-state index contributed by atoms with van der Waals surface area (Å²) in [6.07, 6.45) is 0. The third-order valence-corrected chi connectivity index (χ3v) is 5.48. The van der Waals surface area contributed by atoms with Gasteiger partial charge in [0.05, 0.1) is 0 Å². The first-order chi connectivity index (χ1) is 15.7. The molecule has 0 saturated carbocycles. The quantitative estimate of drug-likeness (QED) is 0.262. The predicted octanol–water partition coefficient (Wildman–Crippen LogP) is 6.49. The van der Waals surface area contributed by atoms with Crippen LogP contribution in [0.5, 0.6) is 0 Å². The van der Waals surface area contributed by atoms with Crippen molar-refractivity contribution in [1.29, 1.82) is 0 Å². The van der Waals surface area contributed by atoms with E-state index >= 15 is 0 Å². The lowest BCUT2D eigenvalue weighted by molar-refractivity contribution is 0.299. The summed E-state index contributed by atoms with van der Waals surface area (Å²) in [5.41, 5.74) is 3.86. The minimum Gasteiger partial charge on any atom is -0.334 e. The van der Waals surface area contributed by atoms with Gasteiger partial charge in [-0.15, -0.1) is 23.2 Å². The third-order valence-electron chi connectivity index (χ3n) is 5.15. The first kappa shape index (κ1) is 22.5. The van der Waals surface area contributed by atoms with Gasteiger partial charge in [0.2, 0.25) is 5.82 Å². The van der Waals surface area contributed by atoms with Crippen LogP contribution in [-0.4, -0.2) is 39.9 Å². The van der Waals surface area contributed by atoms with Gasteiger partial charge < -0.3 is 4.52 Å². The summed E-state index contributed by atoms with van der Waals surface area (Å²) in [5, 5.41) is 4.07. The maximum Gasteiger partial charge on any atom is 0.258 e. The van der Waals surface area contributed by atoms with Gasteiger partial charge in [-0.25, -0.2) is 4.39 Å². The van der Waals surface area contributed by atoms with Crippen LogP contribution < -0.4 is 0 Å². The van der Waals surface area contributed by atoms with E-state index in [0.717, 1.165) is 36.3 Å². The number of nitrogens with zero attached hydrogens (tertiary/aromatic N) is 3. The highest BCUT2D eigenvalue weighted by atomic mass is 35.5. The Hall–Kier alpha value is -2.73. The van der Waals surface area contributed by atoms with Crippen LogP contribution in [0.4, 0.5) is 4.39 Å². The highest BCUT2D eigenvalue weighted by molar-refractivity contribution is 6.18. The van der Waals surface area contributed by atoms with Crippen LogP contribution >= 0.6 is 23.2 Å². The Balaban J connectivity index is 1.50. The molecule has 0 atom stereocenters. The Bertz CT molecular complexity index is 1140. The molecule has 0 fully saturated rings. The molecule has 4 rings (SSSR count). The Kier molecular flexibility index (Phi) is 7.53. The van der Waals surface area contributed by atoms with Gasteiger partial charge in [0.15, 0.2) is 0 Å². The summed E-state index contributed by atoms with van der Waals surface area (Å²) in [7, 11) is 0. The van der Waals surface area contributed by atoms with Crippen LogP contribution in [0.25, 0.3) is 34.0 Å². The first-order valence-corrected chi connectivity index (χ1v) is 11.4. The summed E-state index contributed by atoms with van der Waals surface area (Å²) in [4.78, 5) is 6.66. The van der Waals surface area contributed by atoms with Crippen molar-refractivity contribution in [2.75, 3.05) is 24.8 Å². The molecular weight excluding hydrogens is 448 g/mol. The molecule has 0 aliphatic rings. The van der Waals surface area contributed by atoms with Crippen LogP contribution in [0.2, 0.25) is 0 Å². The maximum atomic E-state index is 14.7. The normalized spacial score (nSPS) is 11.2. The van der Waals surface area contributed by atoms with Gasteiger partial charge in [-0.2, -0.15) is 4.98 Å². The molecule has 0 unspecified atom stereocenters. The van der Waals surface area contributed by atoms with Crippen LogP contribution in [0.1, 0.15) is 5.56 Å². The van der Waals surface area contributed by atoms with Gasteiger partial charge in [0, 0.05) is 48.1 Å². The van der Waals surface area contributed by atoms with Gasteiger partial charge >= 0.3 is 0 Å². The zero-order valence-corrected chi connectivity index (χ0v) is 18.9. The average Bonchev–Trinajstić information content (AvgIpc) is 3.31. The Labute approximate surface area is 196 Å². The van der Waals surface area contributed by atoms with Gasteiger partial charge in [-0.3, -0.25) is 4.90 Å². The minimum atomic E-state index is -0.337. The molecule has 0 amide bonds. The fourth-order valence-corrected chi connectivity index (χ4v) is 3.96. The van der Waals surface area contributed by atoms with Crippen molar-refractivity contribution in [3.05, 3.63) is 84.2 Å². The highest BCUT2D eigenvalue weighted by Gasteiger charge is 2.14. The number of halogens is 3. The maximum absolute atomic E-state index is 14.7. The largest absolute Gasteiger partial charge is 0.334 e. The number of hydrogen-bond acceptors (Lipinski definition) is 4. The van der Waals surface area contributed by atoms with Crippen molar-refractivity contribution in [1.82, 2.24) is 15.0 Å². The number of benzene rings is 3. The number of alkyl halides is 2. The highest BCUT2D eigenvalue weighted by Crippen LogP contribution is 2.28. The molecule has 4 nitrogen and oxygen atoms in total. The molecule has 1 aromatic heterocycles. The lowest BCUT2D eigenvalue weighted by atomic mass is 10.0. The van der Waals surface area contributed by atoms with Crippen LogP contribution in [0, 0.1) is 5.82 Å². The predicted molar refractivity (Wildman–Crippen MR) is 127 cm³/mol. The summed E-state index contributed by atoms with van der Waals surface area (Å²) >= 11 is 11.7. The minimum absolute atomic E-state index is 0.276. The SMILES string of the molecule is Fc1cc(-c2nc(-c3ccc(CN(CCCl)CCCl)cc3)no2)ccc1-c1ccccc1. The standard InChI is InChI=1S/C25H22Cl2FN3O/c26-12-14-31(15-13-27)17-18-6-8-20(9-7-18)24-29-25(32-30-24)21-10-11-22(23(28)16-21)19-4-2-1-3-5-19/h1-11,16H,12-15,17H2. The molecule has 0 N–H and O–H groups in total. The van der Waals surface area contributed by atoms with Gasteiger partial charge in [0.25, 0.3) is 5.89 Å². The summed E-state index contributed by atoms with van der Waals surface area (Å²) in [6, 6.07) is 22.3. The van der Waals surface area contributed by atoms with Gasteiger partial charge in [0.1, 0.15) is 5.82 Å². The van der Waals surface area contributed by atoms with Crippen molar-refractivity contribution in [2.45, 2.75) is 6.54 Å². The van der Waals surface area contributed by atoms with E-state index in [9.17, 15) is 4.39 Å². The van der Waals surface area contributed by atoms with E-state index in [-0.39, 0.29) is 11.7 Å². The smallest absolute Gasteiger partial charge is 0.258 e. The molecule has 0 saturated heterocycles. The number of aromatic nitrogens is 2. The van der Waals surface area contributed by atoms with Crippen LogP contribution in [0.15, 0.2) is 77.3 Å². The molecule has 32 heavy (non-hydrogen) atoms. The zero-order valence-electron chi connectivity index (χ0n) is 17.3. The van der Waals surface area contributed by atoms with Crippen molar-refractivity contribution in [3.63, 3.8) is 0 Å². The Morgan fingerprint density at radius 2 is 1.50 bits per heavy atom. The van der Waals surface area contributed by atoms with Crippen molar-refractivity contribution < 1.29 is 8.91 Å². The van der Waals surface area contributed by atoms with E-state index in [0.29, 0.717) is 28.7 Å².